The first kappa shape index (κ1) is 30.0. The van der Waals surface area contributed by atoms with Gasteiger partial charge >= 0.3 is 0 Å². The summed E-state index contributed by atoms with van der Waals surface area (Å²) in [6.07, 6.45) is 6.31. The Bertz CT molecular complexity index is 1410. The second-order valence-electron chi connectivity index (χ2n) is 11.2. The van der Waals surface area contributed by atoms with Crippen LogP contribution in [0, 0.1) is 0 Å². The van der Waals surface area contributed by atoms with Gasteiger partial charge in [-0.15, -0.1) is 0 Å². The Kier molecular flexibility index (Phi) is 10.2. The Balaban J connectivity index is 1.17. The lowest BCUT2D eigenvalue weighted by Crippen LogP contribution is -2.12. The molecule has 8 nitrogen and oxygen atoms in total. The maximum absolute atomic E-state index is 12.7. The molecule has 0 spiro atoms. The number of rotatable bonds is 12. The van der Waals surface area contributed by atoms with Gasteiger partial charge < -0.3 is 9.47 Å². The molecule has 0 bridgehead atoms. The number of hydrogen-bond donors (Lipinski definition) is 0. The lowest BCUT2D eigenvalue weighted by molar-refractivity contribution is -0.118. The van der Waals surface area contributed by atoms with Crippen LogP contribution in [0.4, 0.5) is 0 Å². The number of ether oxygens (including phenoxy) is 2. The summed E-state index contributed by atoms with van der Waals surface area (Å²) in [5, 5.41) is 17.9. The molecule has 1 fully saturated rings. The van der Waals surface area contributed by atoms with Gasteiger partial charge in [0.1, 0.15) is 23.1 Å². The normalized spacial score (nSPS) is 16.7. The molecule has 4 aromatic rings. The second kappa shape index (κ2) is 14.6. The van der Waals surface area contributed by atoms with Gasteiger partial charge in [0.15, 0.2) is 0 Å². The second-order valence-corrected chi connectivity index (χ2v) is 11.2. The van der Waals surface area contributed by atoms with Crippen LogP contribution < -0.4 is 9.47 Å². The molecular weight excluding hydrogens is 540 g/mol. The number of ketones is 2. The van der Waals surface area contributed by atoms with Crippen molar-refractivity contribution < 1.29 is 19.1 Å². The Hall–Kier alpha value is -4.46. The van der Waals surface area contributed by atoms with E-state index in [4.69, 9.17) is 9.47 Å². The van der Waals surface area contributed by atoms with Gasteiger partial charge in [0, 0.05) is 35.8 Å². The van der Waals surface area contributed by atoms with E-state index in [2.05, 4.69) is 20.4 Å². The summed E-state index contributed by atoms with van der Waals surface area (Å²) in [6, 6.07) is 23.1. The summed E-state index contributed by atoms with van der Waals surface area (Å²) in [5.41, 5.74) is 5.02. The average molecular weight is 579 g/mol. The molecule has 1 aliphatic rings. The van der Waals surface area contributed by atoms with Gasteiger partial charge in [0.25, 0.3) is 0 Å². The van der Waals surface area contributed by atoms with Gasteiger partial charge in [-0.1, -0.05) is 49.2 Å². The zero-order valence-electron chi connectivity index (χ0n) is 24.9. The highest BCUT2D eigenvalue weighted by Crippen LogP contribution is 2.38. The van der Waals surface area contributed by atoms with E-state index in [9.17, 15) is 9.59 Å². The van der Waals surface area contributed by atoms with E-state index in [0.29, 0.717) is 24.2 Å². The van der Waals surface area contributed by atoms with Crippen LogP contribution in [0.3, 0.4) is 0 Å². The number of methoxy groups -OCH3 is 2. The summed E-state index contributed by atoms with van der Waals surface area (Å²) in [5.74, 6) is 2.12. The number of aromatic nitrogens is 4. The Morgan fingerprint density at radius 2 is 1.05 bits per heavy atom. The molecule has 2 aromatic heterocycles. The third-order valence-electron chi connectivity index (χ3n) is 8.16. The molecule has 222 valence electrons. The zero-order valence-corrected chi connectivity index (χ0v) is 24.9. The minimum Gasteiger partial charge on any atom is -0.496 e. The molecule has 2 heterocycles. The van der Waals surface area contributed by atoms with Crippen LogP contribution in [0.5, 0.6) is 11.5 Å². The van der Waals surface area contributed by atoms with Gasteiger partial charge in [-0.25, -0.2) is 0 Å². The Morgan fingerprint density at radius 1 is 0.605 bits per heavy atom. The van der Waals surface area contributed by atoms with Crippen molar-refractivity contribution in [1.29, 1.82) is 0 Å². The van der Waals surface area contributed by atoms with E-state index in [0.717, 1.165) is 66.1 Å². The maximum atomic E-state index is 12.7. The van der Waals surface area contributed by atoms with Crippen molar-refractivity contribution in [3.63, 3.8) is 0 Å². The Morgan fingerprint density at radius 3 is 1.44 bits per heavy atom. The predicted octanol–water partition coefficient (Wildman–Crippen LogP) is 5.82. The molecule has 43 heavy (non-hydrogen) atoms. The van der Waals surface area contributed by atoms with Crippen molar-refractivity contribution in [3.05, 3.63) is 107 Å². The van der Waals surface area contributed by atoms with E-state index < -0.39 is 0 Å². The van der Waals surface area contributed by atoms with Crippen molar-refractivity contribution in [3.8, 4) is 11.5 Å². The maximum Gasteiger partial charge on any atom is 0.143 e. The highest BCUT2D eigenvalue weighted by atomic mass is 16.5. The van der Waals surface area contributed by atoms with E-state index in [1.165, 1.54) is 0 Å². The fourth-order valence-corrected chi connectivity index (χ4v) is 5.91. The average Bonchev–Trinajstić information content (AvgIpc) is 3.29. The van der Waals surface area contributed by atoms with Crippen LogP contribution in [0.15, 0.2) is 72.8 Å². The molecule has 0 amide bonds. The monoisotopic (exact) mass is 578 g/mol. The largest absolute Gasteiger partial charge is 0.496 e. The third-order valence-corrected chi connectivity index (χ3v) is 8.16. The molecule has 2 aromatic carbocycles. The number of nitrogens with zero attached hydrogens (tertiary/aromatic N) is 4. The van der Waals surface area contributed by atoms with Crippen LogP contribution in [0.25, 0.3) is 0 Å². The van der Waals surface area contributed by atoms with Crippen molar-refractivity contribution in [1.82, 2.24) is 20.4 Å². The van der Waals surface area contributed by atoms with Crippen molar-refractivity contribution >= 4 is 11.6 Å². The number of Topliss-reactive ketones (excluding diaryl/α,β-unsaturated/α-hetero) is 2. The van der Waals surface area contributed by atoms with E-state index >= 15 is 0 Å². The fraction of sp³-hybridized carbons (Fsp3) is 0.371. The number of carbonyl (C=O) groups excluding carboxylic acids is 2. The van der Waals surface area contributed by atoms with Crippen LogP contribution in [0.2, 0.25) is 0 Å². The summed E-state index contributed by atoms with van der Waals surface area (Å²) >= 11 is 0. The molecule has 1 aliphatic carbocycles. The third kappa shape index (κ3) is 8.09. The van der Waals surface area contributed by atoms with Gasteiger partial charge in [-0.3, -0.25) is 9.59 Å². The zero-order chi connectivity index (χ0) is 30.0. The molecule has 8 heteroatoms. The molecule has 2 atom stereocenters. The lowest BCUT2D eigenvalue weighted by Gasteiger charge is -2.19. The molecule has 0 unspecified atom stereocenters. The van der Waals surface area contributed by atoms with Crippen molar-refractivity contribution in [2.75, 3.05) is 14.2 Å². The summed E-state index contributed by atoms with van der Waals surface area (Å²) in [7, 11) is 3.23. The topological polar surface area (TPSA) is 104 Å². The highest BCUT2D eigenvalue weighted by Gasteiger charge is 2.25. The summed E-state index contributed by atoms with van der Waals surface area (Å²) < 4.78 is 10.7. The number of para-hydroxylation sites is 2. The minimum absolute atomic E-state index is 0.0737. The lowest BCUT2D eigenvalue weighted by atomic mass is 9.88. The molecule has 0 aliphatic heterocycles. The number of benzene rings is 2. The first-order valence-corrected chi connectivity index (χ1v) is 14.9. The van der Waals surface area contributed by atoms with Crippen LogP contribution >= 0.6 is 0 Å². The highest BCUT2D eigenvalue weighted by molar-refractivity contribution is 5.83. The van der Waals surface area contributed by atoms with Crippen molar-refractivity contribution in [2.45, 2.75) is 69.6 Å². The Labute approximate surface area is 252 Å². The first-order valence-electron chi connectivity index (χ1n) is 14.9. The van der Waals surface area contributed by atoms with Crippen molar-refractivity contribution in [2.24, 2.45) is 0 Å². The molecule has 0 radical (unpaired) electrons. The molecule has 0 N–H and O–H groups in total. The minimum atomic E-state index is 0.0737. The van der Waals surface area contributed by atoms with E-state index in [1.807, 2.05) is 72.8 Å². The SMILES string of the molecule is COc1ccccc1CC(=O)Cc1ccc([C@@H]2CCCC[C@H](c3ccc(CC(=O)Cc4ccccc4OC)nn3)C2)nn1. The number of hydrogen-bond acceptors (Lipinski definition) is 8. The molecule has 0 saturated heterocycles. The van der Waals surface area contributed by atoms with E-state index in [-0.39, 0.29) is 36.2 Å². The number of carbonyl (C=O) groups is 2. The summed E-state index contributed by atoms with van der Waals surface area (Å²) in [4.78, 5) is 25.4. The molecule has 1 saturated carbocycles. The molecule has 5 rings (SSSR count). The first-order chi connectivity index (χ1) is 21.0. The van der Waals surface area contributed by atoms with Gasteiger partial charge in [0.05, 0.1) is 49.8 Å². The van der Waals surface area contributed by atoms with Gasteiger partial charge in [-0.2, -0.15) is 20.4 Å². The van der Waals surface area contributed by atoms with Crippen LogP contribution in [-0.2, 0) is 35.3 Å². The standard InChI is InChI=1S/C35H38N4O4/c1-42-34-13-7-5-11-26(34)20-30(40)22-28-15-17-32(38-36-28)24-9-3-4-10-25(19-24)33-18-16-29(37-39-33)23-31(41)21-27-12-6-8-14-35(27)43-2/h5-8,11-18,24-25H,3-4,9-10,19-23H2,1-2H3/t24-,25+. The van der Waals surface area contributed by atoms with Crippen LogP contribution in [-0.4, -0.2) is 46.2 Å². The summed E-state index contributed by atoms with van der Waals surface area (Å²) in [6.45, 7) is 0. The smallest absolute Gasteiger partial charge is 0.143 e. The van der Waals surface area contributed by atoms with Crippen LogP contribution in [0.1, 0.15) is 77.8 Å². The molecular formula is C35H38N4O4. The predicted molar refractivity (Wildman–Crippen MR) is 163 cm³/mol. The van der Waals surface area contributed by atoms with Gasteiger partial charge in [0.2, 0.25) is 0 Å². The van der Waals surface area contributed by atoms with E-state index in [1.54, 1.807) is 14.2 Å². The fourth-order valence-electron chi connectivity index (χ4n) is 5.91. The van der Waals surface area contributed by atoms with Gasteiger partial charge in [-0.05, 0) is 55.7 Å². The quantitative estimate of drug-likeness (QED) is 0.194.